The lowest BCUT2D eigenvalue weighted by Crippen LogP contribution is -2.23. The highest BCUT2D eigenvalue weighted by Gasteiger charge is 2.21. The van der Waals surface area contributed by atoms with E-state index in [0.29, 0.717) is 47.0 Å². The van der Waals surface area contributed by atoms with Crippen LogP contribution >= 0.6 is 0 Å². The van der Waals surface area contributed by atoms with Crippen LogP contribution in [0.1, 0.15) is 33.5 Å². The van der Waals surface area contributed by atoms with Gasteiger partial charge in [0.2, 0.25) is 17.2 Å². The molecule has 1 aliphatic carbocycles. The summed E-state index contributed by atoms with van der Waals surface area (Å²) in [6.45, 7) is 3.02. The molecule has 0 spiro atoms. The zero-order chi connectivity index (χ0) is 38.9. The van der Waals surface area contributed by atoms with E-state index in [4.69, 9.17) is 19.4 Å². The molecule has 2 aliphatic rings. The SMILES string of the molecule is Cc1cc(C(=O)NCc2ccc(COc3nc(N)nc4nc[nH]c34)cc2)ccc1-c1c2ccc(=[N+](C)C)cc-2oc2cc(N(C)CCCS(=O)(=O)O)ccc12. The summed E-state index contributed by atoms with van der Waals surface area (Å²) < 4.78 is 46.1. The number of anilines is 2. The molecule has 55 heavy (non-hydrogen) atoms. The summed E-state index contributed by atoms with van der Waals surface area (Å²) in [6.07, 6.45) is 1.79. The Bertz CT molecular complexity index is 2700. The summed E-state index contributed by atoms with van der Waals surface area (Å²) in [4.78, 5) is 30.6. The highest BCUT2D eigenvalue weighted by Crippen LogP contribution is 2.42. The third-order valence-corrected chi connectivity index (χ3v) is 10.2. The van der Waals surface area contributed by atoms with Gasteiger partial charge in [0.1, 0.15) is 37.6 Å². The third-order valence-electron chi connectivity index (χ3n) is 9.42. The van der Waals surface area contributed by atoms with Crippen LogP contribution in [-0.2, 0) is 23.3 Å². The number of ether oxygens (including phenoxy) is 1. The largest absolute Gasteiger partial charge is 0.471 e. The first-order chi connectivity index (χ1) is 26.3. The van der Waals surface area contributed by atoms with Gasteiger partial charge in [-0.1, -0.05) is 30.3 Å². The van der Waals surface area contributed by atoms with Gasteiger partial charge in [-0.15, -0.1) is 0 Å². The summed E-state index contributed by atoms with van der Waals surface area (Å²) in [5.74, 6) is 0.601. The highest BCUT2D eigenvalue weighted by molar-refractivity contribution is 7.85. The molecule has 7 rings (SSSR count). The lowest BCUT2D eigenvalue weighted by Gasteiger charge is -2.21. The number of nitrogens with two attached hydrogens (primary N) is 1. The number of nitrogens with zero attached hydrogens (tertiary/aromatic N) is 5. The van der Waals surface area contributed by atoms with Gasteiger partial charge in [0.05, 0.1) is 18.1 Å². The Balaban J connectivity index is 1.09. The minimum absolute atomic E-state index is 0.0801. The minimum atomic E-state index is -4.04. The van der Waals surface area contributed by atoms with Gasteiger partial charge in [-0.3, -0.25) is 9.35 Å². The number of imidazole rings is 1. The molecule has 15 heteroatoms. The molecule has 1 aliphatic heterocycles. The van der Waals surface area contributed by atoms with Crippen molar-refractivity contribution in [3.8, 4) is 28.3 Å². The number of nitrogen functional groups attached to an aromatic ring is 1. The van der Waals surface area contributed by atoms with Crippen LogP contribution in [0.5, 0.6) is 5.88 Å². The Morgan fingerprint density at radius 3 is 2.51 bits per heavy atom. The topological polar surface area (TPSA) is 193 Å². The van der Waals surface area contributed by atoms with Crippen LogP contribution in [0.2, 0.25) is 0 Å². The van der Waals surface area contributed by atoms with Gasteiger partial charge >= 0.3 is 0 Å². The summed E-state index contributed by atoms with van der Waals surface area (Å²) in [6, 6.07) is 25.5. The van der Waals surface area contributed by atoms with Crippen molar-refractivity contribution in [2.24, 2.45) is 0 Å². The van der Waals surface area contributed by atoms with E-state index in [-0.39, 0.29) is 30.6 Å². The third kappa shape index (κ3) is 8.27. The van der Waals surface area contributed by atoms with E-state index in [1.54, 1.807) is 0 Å². The van der Waals surface area contributed by atoms with E-state index >= 15 is 0 Å². The van der Waals surface area contributed by atoms with E-state index < -0.39 is 10.1 Å². The fourth-order valence-corrected chi connectivity index (χ4v) is 6.98. The Morgan fingerprint density at radius 2 is 1.76 bits per heavy atom. The van der Waals surface area contributed by atoms with Gasteiger partial charge in [0.15, 0.2) is 5.65 Å². The number of rotatable bonds is 12. The van der Waals surface area contributed by atoms with Crippen molar-refractivity contribution >= 4 is 49.8 Å². The Hall–Kier alpha value is -6.32. The maximum atomic E-state index is 13.4. The van der Waals surface area contributed by atoms with Crippen molar-refractivity contribution in [2.75, 3.05) is 44.1 Å². The second-order valence-corrected chi connectivity index (χ2v) is 15.2. The van der Waals surface area contributed by atoms with Crippen LogP contribution < -0.4 is 30.6 Å². The number of hydrogen-bond acceptors (Lipinski definition) is 10. The van der Waals surface area contributed by atoms with Crippen molar-refractivity contribution in [1.82, 2.24) is 29.8 Å². The van der Waals surface area contributed by atoms with Gasteiger partial charge < -0.3 is 30.1 Å². The van der Waals surface area contributed by atoms with Crippen LogP contribution in [0.3, 0.4) is 0 Å². The van der Waals surface area contributed by atoms with Gasteiger partial charge in [0.25, 0.3) is 16.0 Å². The van der Waals surface area contributed by atoms with Crippen molar-refractivity contribution in [1.29, 1.82) is 0 Å². The molecule has 0 saturated heterocycles. The maximum absolute atomic E-state index is 13.4. The van der Waals surface area contributed by atoms with E-state index in [1.807, 2.05) is 110 Å². The van der Waals surface area contributed by atoms with Crippen LogP contribution in [0.25, 0.3) is 44.6 Å². The molecule has 0 unspecified atom stereocenters. The lowest BCUT2D eigenvalue weighted by atomic mass is 9.90. The van der Waals surface area contributed by atoms with Crippen molar-refractivity contribution in [3.63, 3.8) is 0 Å². The maximum Gasteiger partial charge on any atom is 0.264 e. The summed E-state index contributed by atoms with van der Waals surface area (Å²) in [7, 11) is 1.77. The quantitative estimate of drug-likeness (QED) is 0.0743. The summed E-state index contributed by atoms with van der Waals surface area (Å²) in [5.41, 5.74) is 14.5. The number of fused-ring (bicyclic) bond motifs is 3. The number of amides is 1. The molecule has 5 aromatic rings. The molecule has 2 aromatic heterocycles. The van der Waals surface area contributed by atoms with Crippen LogP contribution in [0, 0.1) is 6.92 Å². The first-order valence-corrected chi connectivity index (χ1v) is 19.2. The molecule has 3 heterocycles. The molecule has 282 valence electrons. The summed E-state index contributed by atoms with van der Waals surface area (Å²) in [5, 5.41) is 4.91. The Labute approximate surface area is 317 Å². The predicted octanol–water partition coefficient (Wildman–Crippen LogP) is 5.02. The number of benzene rings is 4. The number of H-pyrrole nitrogens is 1. The van der Waals surface area contributed by atoms with Crippen molar-refractivity contribution in [3.05, 3.63) is 113 Å². The molecule has 5 N–H and O–H groups in total. The van der Waals surface area contributed by atoms with E-state index in [9.17, 15) is 13.2 Å². The fourth-order valence-electron chi connectivity index (χ4n) is 6.49. The molecular formula is C40H41N8O6S+. The number of nitrogens with one attached hydrogen (secondary N) is 2. The number of aryl methyl sites for hydroxylation is 1. The second kappa shape index (κ2) is 15.2. The molecule has 0 atom stereocenters. The number of aromatic nitrogens is 4. The minimum Gasteiger partial charge on any atom is -0.471 e. The number of hydrogen-bond donors (Lipinski definition) is 4. The van der Waals surface area contributed by atoms with E-state index in [0.717, 1.165) is 49.8 Å². The molecule has 14 nitrogen and oxygen atoms in total. The molecule has 3 aromatic carbocycles. The zero-order valence-electron chi connectivity index (χ0n) is 30.8. The van der Waals surface area contributed by atoms with Crippen LogP contribution in [0.15, 0.2) is 89.6 Å². The average Bonchev–Trinajstić information content (AvgIpc) is 3.63. The number of aromatic amines is 1. The standard InChI is InChI=1S/C40H40N8O6S/c1-24-18-27(38(49)42-21-25-6-8-26(9-7-25)22-53-39-36-37(44-23-43-36)45-40(41)46-39)10-13-30(24)35-31-14-11-28(47(2)3)19-33(31)54-34-20-29(12-15-32(34)35)48(4)16-5-17-55(50,51)52/h6-15,18-20,23,41-42H,5,16-17,21-22H2,1-4H3,(H2,49,50,51,52)/p+1. The number of carbonyl (C=O) groups excluding carboxylic acids is 1. The lowest BCUT2D eigenvalue weighted by molar-refractivity contribution is 0.0950. The van der Waals surface area contributed by atoms with E-state index in [1.165, 1.54) is 6.33 Å². The van der Waals surface area contributed by atoms with Gasteiger partial charge in [0, 0.05) is 60.0 Å². The highest BCUT2D eigenvalue weighted by atomic mass is 32.2. The van der Waals surface area contributed by atoms with Gasteiger partial charge in [-0.05, 0) is 65.9 Å². The van der Waals surface area contributed by atoms with Gasteiger partial charge in [-0.25, -0.2) is 9.56 Å². The molecular weight excluding hydrogens is 721 g/mol. The average molecular weight is 762 g/mol. The van der Waals surface area contributed by atoms with Crippen molar-refractivity contribution in [2.45, 2.75) is 26.5 Å². The smallest absolute Gasteiger partial charge is 0.264 e. The molecule has 0 saturated carbocycles. The Morgan fingerprint density at radius 1 is 1.00 bits per heavy atom. The van der Waals surface area contributed by atoms with Crippen molar-refractivity contribution < 1.29 is 26.9 Å². The van der Waals surface area contributed by atoms with E-state index in [2.05, 4.69) is 31.3 Å². The van der Waals surface area contributed by atoms with Crippen LogP contribution in [0.4, 0.5) is 11.6 Å². The first kappa shape index (κ1) is 37.0. The zero-order valence-corrected chi connectivity index (χ0v) is 31.6. The molecule has 0 bridgehead atoms. The van der Waals surface area contributed by atoms with Gasteiger partial charge in [-0.2, -0.15) is 18.4 Å². The summed E-state index contributed by atoms with van der Waals surface area (Å²) >= 11 is 0. The first-order valence-electron chi connectivity index (χ1n) is 17.6. The fraction of sp³-hybridized carbons (Fsp3) is 0.225. The Kier molecular flexibility index (Phi) is 10.2. The second-order valence-electron chi connectivity index (χ2n) is 13.6. The normalized spacial score (nSPS) is 11.7. The monoisotopic (exact) mass is 761 g/mol. The predicted molar refractivity (Wildman–Crippen MR) is 212 cm³/mol. The van der Waals surface area contributed by atoms with Crippen LogP contribution in [-0.4, -0.2) is 72.3 Å². The molecule has 1 amide bonds. The number of carbonyl (C=O) groups is 1. The molecule has 0 radical (unpaired) electrons. The molecule has 0 fully saturated rings.